The number of ether oxygens (including phenoxy) is 1. The van der Waals surface area contributed by atoms with Crippen molar-refractivity contribution in [2.75, 3.05) is 20.3 Å². The molecule has 0 rings (SSSR count). The van der Waals surface area contributed by atoms with E-state index in [1.54, 1.807) is 7.11 Å². The van der Waals surface area contributed by atoms with Crippen LogP contribution in [0.2, 0.25) is 0 Å². The first-order valence-corrected chi connectivity index (χ1v) is 5.41. The first kappa shape index (κ1) is 13.4. The highest BCUT2D eigenvalue weighted by molar-refractivity contribution is 5.76. The van der Waals surface area contributed by atoms with Crippen LogP contribution in [-0.2, 0) is 9.53 Å². The Morgan fingerprint density at radius 1 is 1.43 bits per heavy atom. The van der Waals surface area contributed by atoms with Crippen LogP contribution in [0.5, 0.6) is 0 Å². The summed E-state index contributed by atoms with van der Waals surface area (Å²) in [7, 11) is 1.66. The molecule has 0 heterocycles. The van der Waals surface area contributed by atoms with Gasteiger partial charge in [0.05, 0.1) is 6.61 Å². The van der Waals surface area contributed by atoms with E-state index in [0.717, 1.165) is 12.8 Å². The van der Waals surface area contributed by atoms with E-state index in [0.29, 0.717) is 19.6 Å². The number of carbonyl (C=O) groups is 1. The number of hydrogen-bond donors (Lipinski definition) is 0. The van der Waals surface area contributed by atoms with Gasteiger partial charge < -0.3 is 9.64 Å². The lowest BCUT2D eigenvalue weighted by Crippen LogP contribution is -2.39. The molecule has 0 aromatic heterocycles. The smallest absolute Gasteiger partial charge is 0.222 e. The zero-order chi connectivity index (χ0) is 11.0. The molecular weight excluding hydrogens is 178 g/mol. The topological polar surface area (TPSA) is 29.5 Å². The zero-order valence-corrected chi connectivity index (χ0v) is 9.88. The second kappa shape index (κ2) is 7.80. The van der Waals surface area contributed by atoms with Crippen molar-refractivity contribution < 1.29 is 9.53 Å². The first-order valence-electron chi connectivity index (χ1n) is 5.41. The van der Waals surface area contributed by atoms with E-state index in [1.165, 1.54) is 0 Å². The lowest BCUT2D eigenvalue weighted by atomic mass is 10.2. The summed E-state index contributed by atoms with van der Waals surface area (Å²) >= 11 is 0. The Morgan fingerprint density at radius 2 is 2.07 bits per heavy atom. The number of carbonyl (C=O) groups excluding carboxylic acids is 1. The maximum Gasteiger partial charge on any atom is 0.222 e. The van der Waals surface area contributed by atoms with Crippen LogP contribution in [0.3, 0.4) is 0 Å². The minimum atomic E-state index is 0.249. The van der Waals surface area contributed by atoms with Crippen molar-refractivity contribution in [3.8, 4) is 0 Å². The fraction of sp³-hybridized carbons (Fsp3) is 0.909. The van der Waals surface area contributed by atoms with Crippen molar-refractivity contribution in [1.29, 1.82) is 0 Å². The average molecular weight is 201 g/mol. The highest BCUT2D eigenvalue weighted by Crippen LogP contribution is 2.04. The second-order valence-corrected chi connectivity index (χ2v) is 3.78. The molecule has 0 N–H and O–H groups in total. The highest BCUT2D eigenvalue weighted by Gasteiger charge is 2.15. The Kier molecular flexibility index (Phi) is 7.48. The molecule has 0 fully saturated rings. The van der Waals surface area contributed by atoms with E-state index >= 15 is 0 Å². The summed E-state index contributed by atoms with van der Waals surface area (Å²) < 4.78 is 4.98. The van der Waals surface area contributed by atoms with Crippen molar-refractivity contribution >= 4 is 5.91 Å². The summed E-state index contributed by atoms with van der Waals surface area (Å²) in [4.78, 5) is 13.6. The van der Waals surface area contributed by atoms with Gasteiger partial charge in [0.15, 0.2) is 0 Å². The standard InChI is InChI=1S/C11H23NO2/c1-5-6-7-11(13)12(10(2)3)8-9-14-4/h10H,5-9H2,1-4H3. The third-order valence-corrected chi connectivity index (χ3v) is 2.22. The van der Waals surface area contributed by atoms with Crippen LogP contribution in [0.15, 0.2) is 0 Å². The average Bonchev–Trinajstić information content (AvgIpc) is 2.14. The Balaban J connectivity index is 3.98. The molecule has 14 heavy (non-hydrogen) atoms. The van der Waals surface area contributed by atoms with E-state index < -0.39 is 0 Å². The Labute approximate surface area is 87.4 Å². The van der Waals surface area contributed by atoms with Gasteiger partial charge in [0, 0.05) is 26.1 Å². The van der Waals surface area contributed by atoms with Gasteiger partial charge in [-0.25, -0.2) is 0 Å². The monoisotopic (exact) mass is 201 g/mol. The number of nitrogens with zero attached hydrogens (tertiary/aromatic N) is 1. The normalized spacial score (nSPS) is 10.6. The van der Waals surface area contributed by atoms with Crippen molar-refractivity contribution in [2.24, 2.45) is 0 Å². The molecule has 3 nitrogen and oxygen atoms in total. The first-order chi connectivity index (χ1) is 6.63. The molecule has 0 spiro atoms. The fourth-order valence-corrected chi connectivity index (χ4v) is 1.33. The molecule has 0 aromatic rings. The predicted molar refractivity (Wildman–Crippen MR) is 58.3 cm³/mol. The SMILES string of the molecule is CCCCC(=O)N(CCOC)C(C)C. The Morgan fingerprint density at radius 3 is 2.50 bits per heavy atom. The van der Waals surface area contributed by atoms with Gasteiger partial charge in [0.1, 0.15) is 0 Å². The van der Waals surface area contributed by atoms with E-state index in [4.69, 9.17) is 4.74 Å². The van der Waals surface area contributed by atoms with Crippen molar-refractivity contribution in [1.82, 2.24) is 4.90 Å². The van der Waals surface area contributed by atoms with Gasteiger partial charge in [-0.3, -0.25) is 4.79 Å². The molecule has 0 atom stereocenters. The molecule has 3 heteroatoms. The molecule has 0 saturated heterocycles. The van der Waals surface area contributed by atoms with Crippen molar-refractivity contribution in [3.05, 3.63) is 0 Å². The van der Waals surface area contributed by atoms with Gasteiger partial charge in [0.25, 0.3) is 0 Å². The predicted octanol–water partition coefficient (Wildman–Crippen LogP) is 2.06. The van der Waals surface area contributed by atoms with Crippen molar-refractivity contribution in [2.45, 2.75) is 46.1 Å². The molecule has 0 aliphatic heterocycles. The summed E-state index contributed by atoms with van der Waals surface area (Å²) in [5, 5.41) is 0. The van der Waals surface area contributed by atoms with Crippen LogP contribution in [-0.4, -0.2) is 37.1 Å². The van der Waals surface area contributed by atoms with Crippen LogP contribution < -0.4 is 0 Å². The molecular formula is C11H23NO2. The van der Waals surface area contributed by atoms with E-state index in [2.05, 4.69) is 6.92 Å². The maximum absolute atomic E-state index is 11.7. The molecule has 0 aliphatic rings. The van der Waals surface area contributed by atoms with Crippen LogP contribution >= 0.6 is 0 Å². The Bertz CT molecular complexity index is 157. The van der Waals surface area contributed by atoms with Crippen LogP contribution in [0.4, 0.5) is 0 Å². The molecule has 1 amide bonds. The molecule has 0 radical (unpaired) electrons. The highest BCUT2D eigenvalue weighted by atomic mass is 16.5. The molecule has 0 saturated carbocycles. The van der Waals surface area contributed by atoms with Crippen molar-refractivity contribution in [3.63, 3.8) is 0 Å². The summed E-state index contributed by atoms with van der Waals surface area (Å²) in [5.41, 5.74) is 0. The largest absolute Gasteiger partial charge is 0.383 e. The molecule has 0 aromatic carbocycles. The maximum atomic E-state index is 11.7. The number of rotatable bonds is 7. The second-order valence-electron chi connectivity index (χ2n) is 3.78. The molecule has 0 bridgehead atoms. The van der Waals surface area contributed by atoms with Crippen LogP contribution in [0.1, 0.15) is 40.0 Å². The number of unbranched alkanes of at least 4 members (excludes halogenated alkanes) is 1. The number of amides is 1. The minimum absolute atomic E-state index is 0.249. The number of hydrogen-bond acceptors (Lipinski definition) is 2. The third-order valence-electron chi connectivity index (χ3n) is 2.22. The summed E-state index contributed by atoms with van der Waals surface area (Å²) in [6, 6.07) is 0.273. The summed E-state index contributed by atoms with van der Waals surface area (Å²) in [6.45, 7) is 7.51. The lowest BCUT2D eigenvalue weighted by molar-refractivity contribution is -0.133. The summed E-state index contributed by atoms with van der Waals surface area (Å²) in [5.74, 6) is 0.249. The van der Waals surface area contributed by atoms with Gasteiger partial charge in [-0.1, -0.05) is 13.3 Å². The van der Waals surface area contributed by atoms with E-state index in [1.807, 2.05) is 18.7 Å². The third kappa shape index (κ3) is 5.22. The van der Waals surface area contributed by atoms with Crippen LogP contribution in [0.25, 0.3) is 0 Å². The van der Waals surface area contributed by atoms with Gasteiger partial charge in [-0.05, 0) is 20.3 Å². The van der Waals surface area contributed by atoms with Crippen LogP contribution in [0, 0.1) is 0 Å². The molecule has 84 valence electrons. The quantitative estimate of drug-likeness (QED) is 0.631. The minimum Gasteiger partial charge on any atom is -0.383 e. The van der Waals surface area contributed by atoms with E-state index in [9.17, 15) is 4.79 Å². The number of methoxy groups -OCH3 is 1. The Hall–Kier alpha value is -0.570. The van der Waals surface area contributed by atoms with Gasteiger partial charge in [-0.2, -0.15) is 0 Å². The van der Waals surface area contributed by atoms with Gasteiger partial charge in [0.2, 0.25) is 5.91 Å². The zero-order valence-electron chi connectivity index (χ0n) is 9.88. The fourth-order valence-electron chi connectivity index (χ4n) is 1.33. The lowest BCUT2D eigenvalue weighted by Gasteiger charge is -2.26. The molecule has 0 aliphatic carbocycles. The molecule has 0 unspecified atom stereocenters. The van der Waals surface area contributed by atoms with Gasteiger partial charge >= 0.3 is 0 Å². The summed E-state index contributed by atoms with van der Waals surface area (Å²) in [6.07, 6.45) is 2.72. The van der Waals surface area contributed by atoms with E-state index in [-0.39, 0.29) is 11.9 Å². The van der Waals surface area contributed by atoms with Gasteiger partial charge in [-0.15, -0.1) is 0 Å².